The van der Waals surface area contributed by atoms with Gasteiger partial charge >= 0.3 is 11.9 Å². The summed E-state index contributed by atoms with van der Waals surface area (Å²) in [7, 11) is 0. The van der Waals surface area contributed by atoms with Gasteiger partial charge in [-0.3, -0.25) is 9.59 Å². The predicted octanol–water partition coefficient (Wildman–Crippen LogP) is 3.67. The van der Waals surface area contributed by atoms with Gasteiger partial charge in [0.1, 0.15) is 11.5 Å². The molecule has 0 aliphatic heterocycles. The maximum Gasteiger partial charge on any atom is 0.308 e. The third kappa shape index (κ3) is 4.59. The lowest BCUT2D eigenvalue weighted by atomic mass is 10.1. The lowest BCUT2D eigenvalue weighted by Gasteiger charge is -2.09. The summed E-state index contributed by atoms with van der Waals surface area (Å²) in [5, 5.41) is 0. The quantitative estimate of drug-likeness (QED) is 0.374. The number of hydrogen-bond donors (Lipinski definition) is 0. The highest BCUT2D eigenvalue weighted by molar-refractivity contribution is 5.84. The predicted molar refractivity (Wildman–Crippen MR) is 83.8 cm³/mol. The molecule has 0 radical (unpaired) electrons. The zero-order valence-corrected chi connectivity index (χ0v) is 12.4. The van der Waals surface area contributed by atoms with Crippen LogP contribution in [0.15, 0.2) is 54.6 Å². The van der Waals surface area contributed by atoms with Crippen LogP contribution in [0.2, 0.25) is 0 Å². The van der Waals surface area contributed by atoms with Crippen LogP contribution >= 0.6 is 0 Å². The second-order valence-electron chi connectivity index (χ2n) is 4.63. The summed E-state index contributed by atoms with van der Waals surface area (Å²) in [4.78, 5) is 22.2. The van der Waals surface area contributed by atoms with Crippen LogP contribution in [0.1, 0.15) is 25.0 Å². The highest BCUT2D eigenvalue weighted by Crippen LogP contribution is 2.22. The van der Waals surface area contributed by atoms with Gasteiger partial charge in [-0.25, -0.2) is 0 Å². The van der Waals surface area contributed by atoms with Crippen molar-refractivity contribution in [1.29, 1.82) is 0 Å². The van der Waals surface area contributed by atoms with Crippen LogP contribution < -0.4 is 4.74 Å². The molecule has 0 fully saturated rings. The summed E-state index contributed by atoms with van der Waals surface area (Å²) in [6.45, 7) is 2.69. The molecule has 2 aromatic rings. The van der Waals surface area contributed by atoms with Gasteiger partial charge in [-0.2, -0.15) is 0 Å². The van der Waals surface area contributed by atoms with Crippen molar-refractivity contribution in [2.75, 3.05) is 0 Å². The first-order valence-electron chi connectivity index (χ1n) is 6.78. The van der Waals surface area contributed by atoms with E-state index in [1.165, 1.54) is 13.8 Å². The fourth-order valence-electron chi connectivity index (χ4n) is 1.88. The summed E-state index contributed by atoms with van der Waals surface area (Å²) in [5.74, 6) is 0.102. The molecule has 2 rings (SSSR count). The molecule has 0 aliphatic rings. The fraction of sp³-hybridized carbons (Fsp3) is 0.111. The van der Waals surface area contributed by atoms with E-state index in [1.807, 2.05) is 30.3 Å². The van der Waals surface area contributed by atoms with Gasteiger partial charge in [0.25, 0.3) is 0 Å². The topological polar surface area (TPSA) is 52.6 Å². The summed E-state index contributed by atoms with van der Waals surface area (Å²) < 4.78 is 10.3. The summed E-state index contributed by atoms with van der Waals surface area (Å²) in [5.41, 5.74) is 1.64. The Kier molecular flexibility index (Phi) is 5.09. The van der Waals surface area contributed by atoms with Crippen LogP contribution in [0.25, 0.3) is 11.8 Å². The molecule has 22 heavy (non-hydrogen) atoms. The Labute approximate surface area is 129 Å². The molecule has 4 heteroatoms. The lowest BCUT2D eigenvalue weighted by Crippen LogP contribution is -2.02. The van der Waals surface area contributed by atoms with E-state index in [2.05, 4.69) is 0 Å². The largest absolute Gasteiger partial charge is 0.427 e. The summed E-state index contributed by atoms with van der Waals surface area (Å²) in [6, 6.07) is 16.3. The zero-order valence-electron chi connectivity index (χ0n) is 12.4. The van der Waals surface area contributed by atoms with E-state index in [-0.39, 0.29) is 5.97 Å². The van der Waals surface area contributed by atoms with Gasteiger partial charge in [-0.05, 0) is 35.9 Å². The molecule has 0 unspecified atom stereocenters. The number of rotatable bonds is 4. The average molecular weight is 296 g/mol. The van der Waals surface area contributed by atoms with Crippen molar-refractivity contribution in [3.05, 3.63) is 65.7 Å². The van der Waals surface area contributed by atoms with Crippen molar-refractivity contribution in [3.63, 3.8) is 0 Å². The van der Waals surface area contributed by atoms with E-state index in [4.69, 9.17) is 9.47 Å². The van der Waals surface area contributed by atoms with Crippen molar-refractivity contribution in [3.8, 4) is 5.75 Å². The summed E-state index contributed by atoms with van der Waals surface area (Å²) >= 11 is 0. The monoisotopic (exact) mass is 296 g/mol. The van der Waals surface area contributed by atoms with Gasteiger partial charge in [0, 0.05) is 19.4 Å². The number of carbonyl (C=O) groups is 2. The van der Waals surface area contributed by atoms with E-state index in [0.29, 0.717) is 11.5 Å². The van der Waals surface area contributed by atoms with Gasteiger partial charge in [-0.1, -0.05) is 30.3 Å². The van der Waals surface area contributed by atoms with Crippen LogP contribution in [0, 0.1) is 0 Å². The van der Waals surface area contributed by atoms with Crippen molar-refractivity contribution in [1.82, 2.24) is 0 Å². The lowest BCUT2D eigenvalue weighted by molar-refractivity contribution is -0.134. The molecular formula is C18H16O4. The number of benzene rings is 2. The fourth-order valence-corrected chi connectivity index (χ4v) is 1.88. The highest BCUT2D eigenvalue weighted by atomic mass is 16.5. The van der Waals surface area contributed by atoms with Crippen LogP contribution in [0.4, 0.5) is 0 Å². The molecule has 4 nitrogen and oxygen atoms in total. The second kappa shape index (κ2) is 7.22. The Hall–Kier alpha value is -2.88. The third-order valence-electron chi connectivity index (χ3n) is 2.75. The second-order valence-corrected chi connectivity index (χ2v) is 4.63. The minimum absolute atomic E-state index is 0.382. The van der Waals surface area contributed by atoms with Gasteiger partial charge < -0.3 is 9.47 Å². The molecular weight excluding hydrogens is 280 g/mol. The molecule has 112 valence electrons. The SMILES string of the molecule is CC(=O)OC(=Cc1ccccc1)c1ccc(OC(C)=O)cc1. The highest BCUT2D eigenvalue weighted by Gasteiger charge is 2.07. The Morgan fingerprint density at radius 2 is 1.50 bits per heavy atom. The standard InChI is InChI=1S/C18H16O4/c1-13(19)21-17-10-8-16(9-11-17)18(22-14(2)20)12-15-6-4-3-5-7-15/h3-12H,1-2H3. The summed E-state index contributed by atoms with van der Waals surface area (Å²) in [6.07, 6.45) is 1.78. The molecule has 2 aromatic carbocycles. The van der Waals surface area contributed by atoms with Crippen LogP contribution in [-0.4, -0.2) is 11.9 Å². The molecule has 0 aromatic heterocycles. The Morgan fingerprint density at radius 1 is 0.864 bits per heavy atom. The van der Waals surface area contributed by atoms with Gasteiger partial charge in [0.05, 0.1) is 0 Å². The van der Waals surface area contributed by atoms with E-state index in [9.17, 15) is 9.59 Å². The van der Waals surface area contributed by atoms with Crippen LogP contribution in [0.5, 0.6) is 5.75 Å². The van der Waals surface area contributed by atoms with E-state index in [1.54, 1.807) is 30.3 Å². The average Bonchev–Trinajstić information content (AvgIpc) is 2.47. The van der Waals surface area contributed by atoms with Gasteiger partial charge in [-0.15, -0.1) is 0 Å². The minimum Gasteiger partial charge on any atom is -0.427 e. The van der Waals surface area contributed by atoms with E-state index >= 15 is 0 Å². The van der Waals surface area contributed by atoms with E-state index in [0.717, 1.165) is 11.1 Å². The van der Waals surface area contributed by atoms with Crippen LogP contribution in [0.3, 0.4) is 0 Å². The maximum absolute atomic E-state index is 11.3. The van der Waals surface area contributed by atoms with E-state index < -0.39 is 5.97 Å². The number of hydrogen-bond acceptors (Lipinski definition) is 4. The number of ether oxygens (including phenoxy) is 2. The Bertz CT molecular complexity index is 685. The molecule has 0 spiro atoms. The first-order valence-corrected chi connectivity index (χ1v) is 6.78. The maximum atomic E-state index is 11.3. The van der Waals surface area contributed by atoms with Crippen molar-refractivity contribution < 1.29 is 19.1 Å². The third-order valence-corrected chi connectivity index (χ3v) is 2.75. The van der Waals surface area contributed by atoms with Crippen LogP contribution in [-0.2, 0) is 14.3 Å². The number of esters is 2. The first kappa shape index (κ1) is 15.5. The normalized spacial score (nSPS) is 10.9. The number of carbonyl (C=O) groups excluding carboxylic acids is 2. The van der Waals surface area contributed by atoms with Crippen molar-refractivity contribution in [2.45, 2.75) is 13.8 Å². The molecule has 0 heterocycles. The smallest absolute Gasteiger partial charge is 0.308 e. The zero-order chi connectivity index (χ0) is 15.9. The molecule has 0 saturated heterocycles. The molecule has 0 atom stereocenters. The van der Waals surface area contributed by atoms with Crippen molar-refractivity contribution in [2.24, 2.45) is 0 Å². The van der Waals surface area contributed by atoms with Crippen molar-refractivity contribution >= 4 is 23.8 Å². The van der Waals surface area contributed by atoms with Gasteiger partial charge in [0.2, 0.25) is 0 Å². The van der Waals surface area contributed by atoms with Gasteiger partial charge in [0.15, 0.2) is 0 Å². The molecule has 0 amide bonds. The molecule has 0 N–H and O–H groups in total. The first-order chi connectivity index (χ1) is 10.5. The Balaban J connectivity index is 2.31. The Morgan fingerprint density at radius 3 is 2.05 bits per heavy atom. The minimum atomic E-state index is -0.397. The molecule has 0 aliphatic carbocycles. The molecule has 0 bridgehead atoms. The molecule has 0 saturated carbocycles.